The molecular formula is C17H23ClN4O3. The van der Waals surface area contributed by atoms with E-state index in [1.165, 1.54) is 0 Å². The Morgan fingerprint density at radius 3 is 2.96 bits per heavy atom. The number of fused-ring (bicyclic) bond motifs is 1. The van der Waals surface area contributed by atoms with E-state index in [2.05, 4.69) is 20.8 Å². The number of aromatic amines is 1. The molecule has 8 heteroatoms. The summed E-state index contributed by atoms with van der Waals surface area (Å²) in [6.45, 7) is 4.53. The Morgan fingerprint density at radius 1 is 1.36 bits per heavy atom. The van der Waals surface area contributed by atoms with Gasteiger partial charge in [0.15, 0.2) is 5.69 Å². The van der Waals surface area contributed by atoms with E-state index in [-0.39, 0.29) is 18.3 Å². The fraction of sp³-hybridized carbons (Fsp3) is 0.412. The van der Waals surface area contributed by atoms with Crippen LogP contribution in [0.15, 0.2) is 18.2 Å². The number of carbonyl (C=O) groups is 1. The second-order valence-corrected chi connectivity index (χ2v) is 5.73. The third-order valence-electron chi connectivity index (χ3n) is 4.02. The number of ether oxygens (including phenoxy) is 2. The summed E-state index contributed by atoms with van der Waals surface area (Å²) in [6.07, 6.45) is 0.863. The highest BCUT2D eigenvalue weighted by molar-refractivity contribution is 6.04. The number of hydrogen-bond acceptors (Lipinski definition) is 5. The van der Waals surface area contributed by atoms with Gasteiger partial charge >= 0.3 is 0 Å². The normalized spacial score (nSPS) is 12.9. The maximum atomic E-state index is 12.5. The van der Waals surface area contributed by atoms with E-state index in [1.807, 2.05) is 25.1 Å². The zero-order valence-corrected chi connectivity index (χ0v) is 15.2. The highest BCUT2D eigenvalue weighted by Gasteiger charge is 2.21. The van der Waals surface area contributed by atoms with Crippen molar-refractivity contribution in [2.45, 2.75) is 19.9 Å². The van der Waals surface area contributed by atoms with Crippen molar-refractivity contribution in [3.63, 3.8) is 0 Å². The molecule has 0 atom stereocenters. The molecule has 7 nitrogen and oxygen atoms in total. The maximum absolute atomic E-state index is 12.5. The Bertz CT molecular complexity index is 733. The monoisotopic (exact) mass is 366 g/mol. The van der Waals surface area contributed by atoms with Crippen LogP contribution >= 0.6 is 12.4 Å². The predicted octanol–water partition coefficient (Wildman–Crippen LogP) is 2.06. The first-order chi connectivity index (χ1) is 11.7. The van der Waals surface area contributed by atoms with Crippen LogP contribution in [-0.4, -0.2) is 43.0 Å². The number of amides is 1. The summed E-state index contributed by atoms with van der Waals surface area (Å²) in [5.41, 5.74) is 4.13. The van der Waals surface area contributed by atoms with Crippen LogP contribution < -0.4 is 15.4 Å². The zero-order chi connectivity index (χ0) is 16.9. The van der Waals surface area contributed by atoms with Gasteiger partial charge < -0.3 is 20.1 Å². The molecule has 0 saturated carbocycles. The van der Waals surface area contributed by atoms with Crippen molar-refractivity contribution >= 4 is 24.0 Å². The van der Waals surface area contributed by atoms with E-state index in [0.717, 1.165) is 41.2 Å². The van der Waals surface area contributed by atoms with Gasteiger partial charge in [0.2, 0.25) is 0 Å². The fourth-order valence-electron chi connectivity index (χ4n) is 2.70. The first-order valence-electron chi connectivity index (χ1n) is 7.99. The van der Waals surface area contributed by atoms with Crippen LogP contribution in [0.4, 0.5) is 5.69 Å². The third-order valence-corrected chi connectivity index (χ3v) is 4.02. The van der Waals surface area contributed by atoms with Crippen LogP contribution in [0.1, 0.15) is 27.3 Å². The van der Waals surface area contributed by atoms with Gasteiger partial charge in [0, 0.05) is 43.6 Å². The lowest BCUT2D eigenvalue weighted by Crippen LogP contribution is -2.25. The van der Waals surface area contributed by atoms with Crippen LogP contribution in [0.5, 0.6) is 5.75 Å². The Labute approximate surface area is 152 Å². The van der Waals surface area contributed by atoms with Crippen molar-refractivity contribution in [1.82, 2.24) is 15.5 Å². The van der Waals surface area contributed by atoms with Crippen LogP contribution in [0.25, 0.3) is 0 Å². The Kier molecular flexibility index (Phi) is 6.81. The summed E-state index contributed by atoms with van der Waals surface area (Å²) in [5, 5.41) is 13.3. The van der Waals surface area contributed by atoms with Gasteiger partial charge in [0.1, 0.15) is 12.4 Å². The van der Waals surface area contributed by atoms with Gasteiger partial charge in [0.05, 0.1) is 6.61 Å². The molecule has 3 N–H and O–H groups in total. The topological polar surface area (TPSA) is 88.3 Å². The number of benzene rings is 1. The molecule has 0 bridgehead atoms. The number of methoxy groups -OCH3 is 1. The van der Waals surface area contributed by atoms with Gasteiger partial charge in [-0.3, -0.25) is 9.89 Å². The van der Waals surface area contributed by atoms with Gasteiger partial charge in [0.25, 0.3) is 5.91 Å². The van der Waals surface area contributed by atoms with Crippen LogP contribution in [0.3, 0.4) is 0 Å². The molecule has 2 heterocycles. The molecule has 0 fully saturated rings. The van der Waals surface area contributed by atoms with Gasteiger partial charge in [-0.1, -0.05) is 0 Å². The number of aryl methyl sites for hydroxylation is 1. The number of hydrogen-bond donors (Lipinski definition) is 3. The quantitative estimate of drug-likeness (QED) is 0.681. The van der Waals surface area contributed by atoms with Crippen molar-refractivity contribution in [3.8, 4) is 5.75 Å². The van der Waals surface area contributed by atoms with Crippen molar-refractivity contribution in [2.75, 3.05) is 32.2 Å². The molecule has 2 aromatic rings. The molecule has 0 unspecified atom stereocenters. The third kappa shape index (κ3) is 4.50. The minimum absolute atomic E-state index is 0. The molecule has 0 saturated heterocycles. The average molecular weight is 367 g/mol. The molecule has 0 aliphatic carbocycles. The second kappa shape index (κ2) is 8.84. The van der Waals surface area contributed by atoms with E-state index < -0.39 is 0 Å². The number of aromatic nitrogens is 2. The molecule has 0 spiro atoms. The van der Waals surface area contributed by atoms with Crippen molar-refractivity contribution in [2.24, 2.45) is 0 Å². The number of rotatable bonds is 6. The number of nitrogens with zero attached hydrogens (tertiary/aromatic N) is 1. The van der Waals surface area contributed by atoms with Crippen LogP contribution in [0, 0.1) is 6.92 Å². The number of carbonyl (C=O) groups excluding carboxylic acids is 1. The minimum Gasteiger partial charge on any atom is -0.491 e. The smallest absolute Gasteiger partial charge is 0.276 e. The summed E-state index contributed by atoms with van der Waals surface area (Å²) in [6, 6.07) is 5.57. The standard InChI is InChI=1S/C17H22N4O3.ClH/c1-11-9-12(24-8-7-23-2)3-4-14(11)19-17(22)16-13-10-18-6-5-15(13)20-21-16;/h3-4,9,18H,5-8,10H2,1-2H3,(H,19,22)(H,20,21);1H. The predicted molar refractivity (Wildman–Crippen MR) is 97.7 cm³/mol. The van der Waals surface area contributed by atoms with Crippen molar-refractivity contribution in [1.29, 1.82) is 0 Å². The van der Waals surface area contributed by atoms with Crippen LogP contribution in [-0.2, 0) is 17.7 Å². The second-order valence-electron chi connectivity index (χ2n) is 5.73. The van der Waals surface area contributed by atoms with Gasteiger partial charge in [-0.05, 0) is 30.7 Å². The Balaban J connectivity index is 0.00000225. The molecule has 3 rings (SSSR count). The summed E-state index contributed by atoms with van der Waals surface area (Å²) < 4.78 is 10.5. The van der Waals surface area contributed by atoms with E-state index in [4.69, 9.17) is 9.47 Å². The number of halogens is 1. The molecular weight excluding hydrogens is 344 g/mol. The molecule has 1 aromatic carbocycles. The largest absolute Gasteiger partial charge is 0.491 e. The molecule has 1 aliphatic heterocycles. The van der Waals surface area contributed by atoms with Gasteiger partial charge in [-0.25, -0.2) is 0 Å². The first-order valence-corrected chi connectivity index (χ1v) is 7.99. The number of H-pyrrole nitrogens is 1. The van der Waals surface area contributed by atoms with Crippen molar-refractivity contribution < 1.29 is 14.3 Å². The number of anilines is 1. The Hall–Kier alpha value is -2.09. The first kappa shape index (κ1) is 19.2. The minimum atomic E-state index is -0.202. The number of nitrogens with one attached hydrogen (secondary N) is 3. The summed E-state index contributed by atoms with van der Waals surface area (Å²) in [4.78, 5) is 12.5. The van der Waals surface area contributed by atoms with E-state index in [1.54, 1.807) is 7.11 Å². The molecule has 1 aliphatic rings. The molecule has 136 valence electrons. The highest BCUT2D eigenvalue weighted by Crippen LogP contribution is 2.23. The Morgan fingerprint density at radius 2 is 2.20 bits per heavy atom. The average Bonchev–Trinajstić information content (AvgIpc) is 3.01. The lowest BCUT2D eigenvalue weighted by atomic mass is 10.1. The van der Waals surface area contributed by atoms with Gasteiger partial charge in [-0.15, -0.1) is 12.4 Å². The lowest BCUT2D eigenvalue weighted by molar-refractivity contribution is 0.102. The highest BCUT2D eigenvalue weighted by atomic mass is 35.5. The fourth-order valence-corrected chi connectivity index (χ4v) is 2.70. The summed E-state index contributed by atoms with van der Waals surface area (Å²) >= 11 is 0. The molecule has 25 heavy (non-hydrogen) atoms. The van der Waals surface area contributed by atoms with E-state index in [9.17, 15) is 4.79 Å². The molecule has 1 aromatic heterocycles. The SMILES string of the molecule is COCCOc1ccc(NC(=O)c2n[nH]c3c2CNCC3)c(C)c1.Cl. The molecule has 1 amide bonds. The van der Waals surface area contributed by atoms with Crippen molar-refractivity contribution in [3.05, 3.63) is 40.7 Å². The van der Waals surface area contributed by atoms with E-state index >= 15 is 0 Å². The van der Waals surface area contributed by atoms with Gasteiger partial charge in [-0.2, -0.15) is 5.10 Å². The van der Waals surface area contributed by atoms with Crippen LogP contribution in [0.2, 0.25) is 0 Å². The lowest BCUT2D eigenvalue weighted by Gasteiger charge is -2.14. The molecule has 0 radical (unpaired) electrons. The summed E-state index contributed by atoms with van der Waals surface area (Å²) in [5.74, 6) is 0.552. The maximum Gasteiger partial charge on any atom is 0.276 e. The summed E-state index contributed by atoms with van der Waals surface area (Å²) in [7, 11) is 1.64. The zero-order valence-electron chi connectivity index (χ0n) is 14.3. The van der Waals surface area contributed by atoms with E-state index in [0.29, 0.717) is 25.5 Å².